The van der Waals surface area contributed by atoms with Crippen LogP contribution in [-0.2, 0) is 4.79 Å². The smallest absolute Gasteiger partial charge is 0.309 e. The molecule has 0 aromatic carbocycles. The summed E-state index contributed by atoms with van der Waals surface area (Å²) >= 11 is 0. The van der Waals surface area contributed by atoms with Gasteiger partial charge >= 0.3 is 5.97 Å². The van der Waals surface area contributed by atoms with E-state index in [-0.39, 0.29) is 5.41 Å². The Balaban J connectivity index is 4.92. The minimum Gasteiger partial charge on any atom is -0.481 e. The molecular formula is C13H26O2. The Morgan fingerprint density at radius 3 is 1.73 bits per heavy atom. The van der Waals surface area contributed by atoms with Crippen LogP contribution < -0.4 is 0 Å². The average Bonchev–Trinajstić information content (AvgIpc) is 2.01. The molecule has 0 heterocycles. The molecule has 0 spiro atoms. The Hall–Kier alpha value is -0.530. The summed E-state index contributed by atoms with van der Waals surface area (Å²) in [5.74, 6) is 0.291. The first-order valence-corrected chi connectivity index (χ1v) is 5.75. The lowest BCUT2D eigenvalue weighted by atomic mass is 9.63. The van der Waals surface area contributed by atoms with E-state index in [9.17, 15) is 9.90 Å². The number of aliphatic carboxylic acids is 1. The summed E-state index contributed by atoms with van der Waals surface area (Å²) in [4.78, 5) is 11.4. The number of rotatable bonds is 4. The highest BCUT2D eigenvalue weighted by Crippen LogP contribution is 2.44. The zero-order chi connectivity index (χ0) is 12.4. The fourth-order valence-corrected chi connectivity index (χ4v) is 1.59. The minimum atomic E-state index is -0.678. The second-order valence-electron chi connectivity index (χ2n) is 6.31. The quantitative estimate of drug-likeness (QED) is 0.772. The predicted molar refractivity (Wildman–Crippen MR) is 63.8 cm³/mol. The normalized spacial score (nSPS) is 18.7. The zero-order valence-electron chi connectivity index (χ0n) is 11.2. The summed E-state index contributed by atoms with van der Waals surface area (Å²) < 4.78 is 0. The first kappa shape index (κ1) is 14.5. The van der Waals surface area contributed by atoms with E-state index >= 15 is 0 Å². The molecule has 2 nitrogen and oxygen atoms in total. The van der Waals surface area contributed by atoms with Crippen LogP contribution in [0.4, 0.5) is 0 Å². The first-order valence-electron chi connectivity index (χ1n) is 5.75. The van der Waals surface area contributed by atoms with Crippen LogP contribution in [0.25, 0.3) is 0 Å². The Morgan fingerprint density at radius 1 is 1.13 bits per heavy atom. The summed E-state index contributed by atoms with van der Waals surface area (Å²) in [6, 6.07) is 0. The summed E-state index contributed by atoms with van der Waals surface area (Å²) in [6.07, 6.45) is 0.740. The highest BCUT2D eigenvalue weighted by molar-refractivity contribution is 5.75. The van der Waals surface area contributed by atoms with Gasteiger partial charge in [0.2, 0.25) is 0 Å². The maximum Gasteiger partial charge on any atom is 0.309 e. The molecule has 0 aromatic heterocycles. The number of carboxylic acids is 1. The SMILES string of the molecule is CC(C)C(C)CC(C)(C(=O)O)C(C)(C)C. The van der Waals surface area contributed by atoms with Gasteiger partial charge in [0.15, 0.2) is 0 Å². The lowest BCUT2D eigenvalue weighted by Gasteiger charge is -2.40. The molecule has 0 amide bonds. The second kappa shape index (κ2) is 4.54. The third-order valence-corrected chi connectivity index (χ3v) is 4.00. The van der Waals surface area contributed by atoms with Crippen LogP contribution in [-0.4, -0.2) is 11.1 Å². The first-order chi connectivity index (χ1) is 6.52. The predicted octanol–water partition coefficient (Wildman–Crippen LogP) is 3.81. The van der Waals surface area contributed by atoms with E-state index in [0.29, 0.717) is 11.8 Å². The van der Waals surface area contributed by atoms with Crippen molar-refractivity contribution in [3.05, 3.63) is 0 Å². The third kappa shape index (κ3) is 3.22. The Morgan fingerprint density at radius 2 is 1.53 bits per heavy atom. The van der Waals surface area contributed by atoms with Gasteiger partial charge in [0.05, 0.1) is 5.41 Å². The van der Waals surface area contributed by atoms with Gasteiger partial charge in [-0.3, -0.25) is 4.79 Å². The van der Waals surface area contributed by atoms with Crippen molar-refractivity contribution in [2.24, 2.45) is 22.7 Å². The van der Waals surface area contributed by atoms with Gasteiger partial charge in [0.25, 0.3) is 0 Å². The molecule has 0 saturated carbocycles. The van der Waals surface area contributed by atoms with E-state index in [1.54, 1.807) is 0 Å². The molecule has 2 atom stereocenters. The third-order valence-electron chi connectivity index (χ3n) is 4.00. The van der Waals surface area contributed by atoms with Gasteiger partial charge in [-0.15, -0.1) is 0 Å². The molecule has 0 radical (unpaired) electrons. The lowest BCUT2D eigenvalue weighted by Crippen LogP contribution is -2.42. The van der Waals surface area contributed by atoms with Crippen LogP contribution in [0.5, 0.6) is 0 Å². The summed E-state index contributed by atoms with van der Waals surface area (Å²) in [5, 5.41) is 9.40. The van der Waals surface area contributed by atoms with Crippen molar-refractivity contribution in [2.75, 3.05) is 0 Å². The fourth-order valence-electron chi connectivity index (χ4n) is 1.59. The Bertz CT molecular complexity index is 225. The monoisotopic (exact) mass is 214 g/mol. The zero-order valence-corrected chi connectivity index (χ0v) is 11.2. The van der Waals surface area contributed by atoms with Gasteiger partial charge in [-0.2, -0.15) is 0 Å². The van der Waals surface area contributed by atoms with Gasteiger partial charge in [-0.25, -0.2) is 0 Å². The van der Waals surface area contributed by atoms with Gasteiger partial charge in [-0.1, -0.05) is 41.5 Å². The molecule has 0 aliphatic heterocycles. The van der Waals surface area contributed by atoms with Gasteiger partial charge in [0.1, 0.15) is 0 Å². The van der Waals surface area contributed by atoms with E-state index < -0.39 is 11.4 Å². The van der Waals surface area contributed by atoms with Crippen LogP contribution in [0.1, 0.15) is 54.9 Å². The maximum absolute atomic E-state index is 11.4. The fraction of sp³-hybridized carbons (Fsp3) is 0.923. The molecular weight excluding hydrogens is 188 g/mol. The molecule has 0 aromatic rings. The van der Waals surface area contributed by atoms with Crippen molar-refractivity contribution < 1.29 is 9.90 Å². The number of hydrogen-bond acceptors (Lipinski definition) is 1. The van der Waals surface area contributed by atoms with Crippen LogP contribution in [0.3, 0.4) is 0 Å². The van der Waals surface area contributed by atoms with Gasteiger partial charge in [-0.05, 0) is 30.6 Å². The van der Waals surface area contributed by atoms with Crippen molar-refractivity contribution in [1.82, 2.24) is 0 Å². The van der Waals surface area contributed by atoms with Crippen molar-refractivity contribution in [1.29, 1.82) is 0 Å². The molecule has 90 valence electrons. The van der Waals surface area contributed by atoms with E-state index in [1.807, 2.05) is 27.7 Å². The van der Waals surface area contributed by atoms with Crippen molar-refractivity contribution >= 4 is 5.97 Å². The van der Waals surface area contributed by atoms with Crippen molar-refractivity contribution in [2.45, 2.75) is 54.9 Å². The molecule has 0 bridgehead atoms. The molecule has 0 fully saturated rings. The van der Waals surface area contributed by atoms with Crippen LogP contribution in [0, 0.1) is 22.7 Å². The second-order valence-corrected chi connectivity index (χ2v) is 6.31. The average molecular weight is 214 g/mol. The summed E-state index contributed by atoms with van der Waals surface area (Å²) in [7, 11) is 0. The van der Waals surface area contributed by atoms with Gasteiger partial charge in [0, 0.05) is 0 Å². The number of carboxylic acid groups (broad SMARTS) is 1. The van der Waals surface area contributed by atoms with Crippen molar-refractivity contribution in [3.63, 3.8) is 0 Å². The number of hydrogen-bond donors (Lipinski definition) is 1. The van der Waals surface area contributed by atoms with Crippen LogP contribution >= 0.6 is 0 Å². The number of carbonyl (C=O) groups is 1. The minimum absolute atomic E-state index is 0.206. The van der Waals surface area contributed by atoms with E-state index in [0.717, 1.165) is 6.42 Å². The summed E-state index contributed by atoms with van der Waals surface area (Å²) in [5.41, 5.74) is -0.849. The van der Waals surface area contributed by atoms with Crippen LogP contribution in [0.15, 0.2) is 0 Å². The topological polar surface area (TPSA) is 37.3 Å². The molecule has 0 aliphatic carbocycles. The van der Waals surface area contributed by atoms with Gasteiger partial charge < -0.3 is 5.11 Å². The van der Waals surface area contributed by atoms with E-state index in [4.69, 9.17) is 0 Å². The highest BCUT2D eigenvalue weighted by atomic mass is 16.4. The molecule has 0 aliphatic rings. The standard InChI is InChI=1S/C13H26O2/c1-9(2)10(3)8-13(7,11(14)15)12(4,5)6/h9-10H,8H2,1-7H3,(H,14,15). The molecule has 0 saturated heterocycles. The largest absolute Gasteiger partial charge is 0.481 e. The van der Waals surface area contributed by atoms with Crippen molar-refractivity contribution in [3.8, 4) is 0 Å². The van der Waals surface area contributed by atoms with Crippen LogP contribution in [0.2, 0.25) is 0 Å². The lowest BCUT2D eigenvalue weighted by molar-refractivity contribution is -0.156. The Kier molecular flexibility index (Phi) is 4.38. The van der Waals surface area contributed by atoms with E-state index in [1.165, 1.54) is 0 Å². The molecule has 2 heteroatoms. The highest BCUT2D eigenvalue weighted by Gasteiger charge is 2.45. The molecule has 0 rings (SSSR count). The van der Waals surface area contributed by atoms with E-state index in [2.05, 4.69) is 20.8 Å². The summed E-state index contributed by atoms with van der Waals surface area (Å²) in [6.45, 7) is 14.3. The molecule has 1 N–H and O–H groups in total. The maximum atomic E-state index is 11.4. The molecule has 15 heavy (non-hydrogen) atoms. The molecule has 2 unspecified atom stereocenters. The Labute approximate surface area is 94.1 Å².